The van der Waals surface area contributed by atoms with Crippen molar-refractivity contribution < 1.29 is 4.42 Å². The molecular weight excluding hydrogens is 921 g/mol. The maximum atomic E-state index is 6.58. The van der Waals surface area contributed by atoms with Crippen molar-refractivity contribution in [3.05, 3.63) is 301 Å². The number of benzene rings is 12. The molecule has 2 aromatic heterocycles. The first kappa shape index (κ1) is 42.5. The molecule has 0 saturated carbocycles. The SMILES string of the molecule is c1ccc(-c2ccc3c(c2)C2(c4ccccc4-c4ccccc42)c2cccc(N(c4ccc(-c5cccc6c5oc5ccccc56)cc4)c4ccc(-c5cccc6c5c5ccccc5n6-c5ccccc5)cc4)c2-3)cc1. The minimum absolute atomic E-state index is 0.541. The molecule has 14 aromatic rings. The maximum absolute atomic E-state index is 6.58. The zero-order valence-electron chi connectivity index (χ0n) is 41.4. The summed E-state index contributed by atoms with van der Waals surface area (Å²) in [5, 5.41) is 4.73. The summed E-state index contributed by atoms with van der Waals surface area (Å²) in [6.45, 7) is 0. The minimum atomic E-state index is -0.541. The van der Waals surface area contributed by atoms with E-state index in [1.54, 1.807) is 0 Å². The molecule has 0 amide bonds. The van der Waals surface area contributed by atoms with Crippen LogP contribution in [-0.4, -0.2) is 4.57 Å². The van der Waals surface area contributed by atoms with E-state index in [1.807, 2.05) is 6.07 Å². The predicted octanol–water partition coefficient (Wildman–Crippen LogP) is 19.5. The van der Waals surface area contributed by atoms with Crippen LogP contribution in [0.3, 0.4) is 0 Å². The molecule has 0 N–H and O–H groups in total. The monoisotopic (exact) mass is 966 g/mol. The van der Waals surface area contributed by atoms with E-state index in [-0.39, 0.29) is 0 Å². The number of furan rings is 1. The Morgan fingerprint density at radius 3 is 1.62 bits per heavy atom. The highest BCUT2D eigenvalue weighted by Gasteiger charge is 2.52. The Bertz CT molecular complexity index is 4580. The van der Waals surface area contributed by atoms with E-state index >= 15 is 0 Å². The maximum Gasteiger partial charge on any atom is 0.143 e. The summed E-state index contributed by atoms with van der Waals surface area (Å²) in [6, 6.07) is 103. The highest BCUT2D eigenvalue weighted by atomic mass is 16.3. The van der Waals surface area contributed by atoms with Crippen molar-refractivity contribution >= 4 is 60.8 Å². The third-order valence-electron chi connectivity index (χ3n) is 16.4. The molecule has 354 valence electrons. The molecule has 0 fully saturated rings. The van der Waals surface area contributed by atoms with Gasteiger partial charge >= 0.3 is 0 Å². The van der Waals surface area contributed by atoms with Crippen LogP contribution in [0.15, 0.2) is 283 Å². The number of nitrogens with zero attached hydrogens (tertiary/aromatic N) is 2. The highest BCUT2D eigenvalue weighted by Crippen LogP contribution is 2.65. The van der Waals surface area contributed by atoms with Crippen LogP contribution in [0.2, 0.25) is 0 Å². The summed E-state index contributed by atoms with van der Waals surface area (Å²) in [5.41, 5.74) is 25.3. The summed E-state index contributed by atoms with van der Waals surface area (Å²) < 4.78 is 8.98. The van der Waals surface area contributed by atoms with Gasteiger partial charge in [0.1, 0.15) is 11.2 Å². The first-order valence-electron chi connectivity index (χ1n) is 26.2. The molecule has 0 aliphatic heterocycles. The van der Waals surface area contributed by atoms with E-state index in [9.17, 15) is 0 Å². The number of fused-ring (bicyclic) bond motifs is 16. The molecule has 2 aliphatic carbocycles. The fourth-order valence-corrected chi connectivity index (χ4v) is 13.3. The molecule has 3 nitrogen and oxygen atoms in total. The lowest BCUT2D eigenvalue weighted by atomic mass is 9.70. The zero-order valence-corrected chi connectivity index (χ0v) is 41.4. The third-order valence-corrected chi connectivity index (χ3v) is 16.4. The first-order valence-corrected chi connectivity index (χ1v) is 26.2. The van der Waals surface area contributed by atoms with Crippen LogP contribution in [0.1, 0.15) is 22.3 Å². The molecule has 0 radical (unpaired) electrons. The van der Waals surface area contributed by atoms with Gasteiger partial charge in [0.15, 0.2) is 0 Å². The van der Waals surface area contributed by atoms with Gasteiger partial charge in [0.05, 0.1) is 22.1 Å². The number of anilines is 3. The summed E-state index contributed by atoms with van der Waals surface area (Å²) in [4.78, 5) is 2.48. The standard InChI is InChI=1S/C73H46N2O/c1-3-18-47(19-4-1)50-40-45-60-65(46-50)73(62-29-11-7-22-56(62)57-23-8-12-30-63(57)73)64-31-17-34-68(71(60)64)74(53-43-38-49(39-44-53)55-27-15-28-59-58-24-10-14-35-69(58)76-72(55)59)52-41-36-48(37-42-52)54-26-16-33-67-70(54)61-25-9-13-32-66(61)75(67)51-20-5-2-6-21-51/h1-46H. The molecule has 0 bridgehead atoms. The Balaban J connectivity index is 0.916. The first-order chi connectivity index (χ1) is 37.7. The topological polar surface area (TPSA) is 21.3 Å². The smallest absolute Gasteiger partial charge is 0.143 e. The minimum Gasteiger partial charge on any atom is -0.455 e. The van der Waals surface area contributed by atoms with Crippen LogP contribution >= 0.6 is 0 Å². The van der Waals surface area contributed by atoms with Gasteiger partial charge in [-0.25, -0.2) is 0 Å². The average Bonchev–Trinajstić information content (AvgIpc) is 4.38. The van der Waals surface area contributed by atoms with E-state index in [0.29, 0.717) is 0 Å². The molecule has 0 saturated heterocycles. The summed E-state index contributed by atoms with van der Waals surface area (Å²) in [6.07, 6.45) is 0. The van der Waals surface area contributed by atoms with Crippen LogP contribution in [0.25, 0.3) is 105 Å². The molecule has 2 aliphatic rings. The highest BCUT2D eigenvalue weighted by molar-refractivity contribution is 6.16. The molecule has 0 atom stereocenters. The number of hydrogen-bond acceptors (Lipinski definition) is 2. The third kappa shape index (κ3) is 6.05. The zero-order chi connectivity index (χ0) is 49.9. The van der Waals surface area contributed by atoms with E-state index in [0.717, 1.165) is 61.4 Å². The Kier molecular flexibility index (Phi) is 9.25. The largest absolute Gasteiger partial charge is 0.455 e. The summed E-state index contributed by atoms with van der Waals surface area (Å²) >= 11 is 0. The van der Waals surface area contributed by atoms with Crippen LogP contribution < -0.4 is 4.90 Å². The van der Waals surface area contributed by atoms with Crippen LogP contribution in [0.4, 0.5) is 17.1 Å². The molecule has 2 heterocycles. The Labute approximate surface area is 440 Å². The van der Waals surface area contributed by atoms with Crippen molar-refractivity contribution in [1.82, 2.24) is 4.57 Å². The van der Waals surface area contributed by atoms with E-state index in [1.165, 1.54) is 83.0 Å². The van der Waals surface area contributed by atoms with E-state index in [4.69, 9.17) is 4.42 Å². The van der Waals surface area contributed by atoms with Gasteiger partial charge in [-0.3, -0.25) is 0 Å². The Hall–Kier alpha value is -9.96. The van der Waals surface area contributed by atoms with Crippen molar-refractivity contribution in [2.45, 2.75) is 5.41 Å². The second-order valence-corrected chi connectivity index (χ2v) is 20.3. The van der Waals surface area contributed by atoms with Gasteiger partial charge in [-0.2, -0.15) is 0 Å². The molecule has 3 heteroatoms. The van der Waals surface area contributed by atoms with Crippen LogP contribution in [0.5, 0.6) is 0 Å². The van der Waals surface area contributed by atoms with E-state index in [2.05, 4.69) is 282 Å². The van der Waals surface area contributed by atoms with E-state index < -0.39 is 5.41 Å². The van der Waals surface area contributed by atoms with Gasteiger partial charge in [0.25, 0.3) is 0 Å². The quantitative estimate of drug-likeness (QED) is 0.159. The lowest BCUT2D eigenvalue weighted by Gasteiger charge is -2.32. The van der Waals surface area contributed by atoms with Crippen molar-refractivity contribution in [1.29, 1.82) is 0 Å². The number of aromatic nitrogens is 1. The molecule has 12 aromatic carbocycles. The molecule has 1 spiro atoms. The van der Waals surface area contributed by atoms with Gasteiger partial charge in [-0.15, -0.1) is 0 Å². The summed E-state index contributed by atoms with van der Waals surface area (Å²) in [7, 11) is 0. The Morgan fingerprint density at radius 2 is 0.868 bits per heavy atom. The van der Waals surface area contributed by atoms with Crippen molar-refractivity contribution in [2.24, 2.45) is 0 Å². The lowest BCUT2D eigenvalue weighted by molar-refractivity contribution is 0.670. The van der Waals surface area contributed by atoms with Gasteiger partial charge in [0.2, 0.25) is 0 Å². The molecule has 76 heavy (non-hydrogen) atoms. The fraction of sp³-hybridized carbons (Fsp3) is 0.0137. The molecule has 0 unspecified atom stereocenters. The van der Waals surface area contributed by atoms with Gasteiger partial charge in [-0.05, 0) is 133 Å². The second-order valence-electron chi connectivity index (χ2n) is 20.3. The van der Waals surface area contributed by atoms with Crippen molar-refractivity contribution in [3.63, 3.8) is 0 Å². The predicted molar refractivity (Wildman–Crippen MR) is 315 cm³/mol. The normalized spacial score (nSPS) is 12.8. The lowest BCUT2D eigenvalue weighted by Crippen LogP contribution is -2.26. The fourth-order valence-electron chi connectivity index (χ4n) is 13.3. The second kappa shape index (κ2) is 16.5. The van der Waals surface area contributed by atoms with Gasteiger partial charge < -0.3 is 13.9 Å². The summed E-state index contributed by atoms with van der Waals surface area (Å²) in [5.74, 6) is 0. The van der Waals surface area contributed by atoms with Crippen molar-refractivity contribution in [2.75, 3.05) is 4.90 Å². The Morgan fingerprint density at radius 1 is 0.329 bits per heavy atom. The average molecular weight is 967 g/mol. The van der Waals surface area contributed by atoms with Crippen LogP contribution in [0, 0.1) is 0 Å². The van der Waals surface area contributed by atoms with Gasteiger partial charge in [0, 0.05) is 49.7 Å². The molecule has 16 rings (SSSR count). The number of rotatable bonds is 7. The molecular formula is C73H46N2O. The van der Waals surface area contributed by atoms with Crippen LogP contribution in [-0.2, 0) is 5.41 Å². The number of hydrogen-bond donors (Lipinski definition) is 0. The number of para-hydroxylation sites is 4. The van der Waals surface area contributed by atoms with Crippen molar-refractivity contribution in [3.8, 4) is 61.3 Å². The van der Waals surface area contributed by atoms with Gasteiger partial charge in [-0.1, -0.05) is 212 Å².